The van der Waals surface area contributed by atoms with Crippen molar-refractivity contribution < 1.29 is 9.53 Å². The average Bonchev–Trinajstić information content (AvgIpc) is 3.20. The smallest absolute Gasteiger partial charge is 0.321 e. The number of fused-ring (bicyclic) bond motifs is 1. The van der Waals surface area contributed by atoms with Crippen molar-refractivity contribution in [3.8, 4) is 17.0 Å². The van der Waals surface area contributed by atoms with E-state index >= 15 is 0 Å². The van der Waals surface area contributed by atoms with E-state index in [2.05, 4.69) is 37.5 Å². The first-order chi connectivity index (χ1) is 15.5. The van der Waals surface area contributed by atoms with E-state index < -0.39 is 0 Å². The van der Waals surface area contributed by atoms with Gasteiger partial charge < -0.3 is 20.4 Å². The maximum absolute atomic E-state index is 12.0. The summed E-state index contributed by atoms with van der Waals surface area (Å²) in [4.78, 5) is 24.4. The van der Waals surface area contributed by atoms with Crippen LogP contribution in [0, 0.1) is 0 Å². The van der Waals surface area contributed by atoms with E-state index in [1.54, 1.807) is 19.4 Å². The third kappa shape index (κ3) is 4.80. The second-order valence-electron chi connectivity index (χ2n) is 6.86. The van der Waals surface area contributed by atoms with Gasteiger partial charge in [0.05, 0.1) is 35.7 Å². The summed E-state index contributed by atoms with van der Waals surface area (Å²) in [6.07, 6.45) is 9.42. The highest BCUT2D eigenvalue weighted by molar-refractivity contribution is 5.98. The first-order valence-electron chi connectivity index (χ1n) is 10.3. The standard InChI is InChI=1S/C24H28N6O2/c1-6-9-10-15(7-2)16-11-17(18-13-21(32-5)20(25-4)14-27-18)22-19(12-16)28-23(29-22)30-24(31)26-8-3/h6-7,9-14,25H,2,8H2,1,3-5H3,(H3,26,28,29,30,31)/b9-6-,15-10+. The van der Waals surface area contributed by atoms with Crippen LogP contribution in [0.4, 0.5) is 16.4 Å². The number of carbonyl (C=O) groups excluding carboxylic acids is 1. The normalized spacial score (nSPS) is 11.6. The van der Waals surface area contributed by atoms with Gasteiger partial charge in [-0.15, -0.1) is 0 Å². The Labute approximate surface area is 187 Å². The molecule has 2 heterocycles. The molecular formula is C24H28N6O2. The summed E-state index contributed by atoms with van der Waals surface area (Å²) in [5.74, 6) is 1.02. The number of nitrogens with zero attached hydrogens (tertiary/aromatic N) is 2. The Morgan fingerprint density at radius 1 is 1.31 bits per heavy atom. The molecule has 0 spiro atoms. The lowest BCUT2D eigenvalue weighted by Gasteiger charge is -2.11. The number of amides is 2. The molecule has 0 saturated carbocycles. The number of H-pyrrole nitrogens is 1. The van der Waals surface area contributed by atoms with Gasteiger partial charge in [0.2, 0.25) is 5.95 Å². The van der Waals surface area contributed by atoms with Crippen LogP contribution in [-0.2, 0) is 0 Å². The highest BCUT2D eigenvalue weighted by Crippen LogP contribution is 2.35. The molecule has 0 radical (unpaired) electrons. The lowest BCUT2D eigenvalue weighted by molar-refractivity contribution is 0.252. The zero-order chi connectivity index (χ0) is 23.1. The molecule has 0 atom stereocenters. The molecule has 1 aromatic carbocycles. The molecule has 8 nitrogen and oxygen atoms in total. The number of hydrogen-bond donors (Lipinski definition) is 4. The van der Waals surface area contributed by atoms with E-state index in [0.717, 1.165) is 27.9 Å². The molecule has 0 aliphatic heterocycles. The predicted molar refractivity (Wildman–Crippen MR) is 131 cm³/mol. The largest absolute Gasteiger partial charge is 0.494 e. The molecule has 0 aliphatic rings. The fourth-order valence-corrected chi connectivity index (χ4v) is 3.27. The number of carbonyl (C=O) groups is 1. The Bertz CT molecular complexity index is 1190. The molecule has 0 fully saturated rings. The van der Waals surface area contributed by atoms with E-state index in [0.29, 0.717) is 29.5 Å². The van der Waals surface area contributed by atoms with Gasteiger partial charge in [-0.3, -0.25) is 10.3 Å². The number of pyridine rings is 1. The second kappa shape index (κ2) is 10.3. The van der Waals surface area contributed by atoms with Crippen LogP contribution < -0.4 is 20.7 Å². The fraction of sp³-hybridized carbons (Fsp3) is 0.208. The van der Waals surface area contributed by atoms with Crippen molar-refractivity contribution in [3.05, 3.63) is 60.8 Å². The minimum Gasteiger partial charge on any atom is -0.494 e. The van der Waals surface area contributed by atoms with Gasteiger partial charge in [0.15, 0.2) is 0 Å². The first kappa shape index (κ1) is 22.6. The summed E-state index contributed by atoms with van der Waals surface area (Å²) in [7, 11) is 3.43. The molecule has 166 valence electrons. The molecule has 0 aliphatic carbocycles. The van der Waals surface area contributed by atoms with Gasteiger partial charge in [-0.1, -0.05) is 30.9 Å². The number of ether oxygens (including phenoxy) is 1. The number of aromatic amines is 1. The maximum atomic E-state index is 12.0. The fourth-order valence-electron chi connectivity index (χ4n) is 3.27. The Morgan fingerprint density at radius 3 is 2.78 bits per heavy atom. The molecule has 2 aromatic heterocycles. The number of aromatic nitrogens is 3. The quantitative estimate of drug-likeness (QED) is 0.377. The van der Waals surface area contributed by atoms with Crippen molar-refractivity contribution in [2.45, 2.75) is 13.8 Å². The van der Waals surface area contributed by atoms with Crippen LogP contribution in [0.25, 0.3) is 27.9 Å². The number of urea groups is 1. The highest BCUT2D eigenvalue weighted by Gasteiger charge is 2.16. The second-order valence-corrected chi connectivity index (χ2v) is 6.86. The number of nitrogens with one attached hydrogen (secondary N) is 4. The van der Waals surface area contributed by atoms with E-state index in [-0.39, 0.29) is 6.03 Å². The molecule has 3 rings (SSSR count). The lowest BCUT2D eigenvalue weighted by Crippen LogP contribution is -2.28. The molecule has 4 N–H and O–H groups in total. The highest BCUT2D eigenvalue weighted by atomic mass is 16.5. The van der Waals surface area contributed by atoms with Crippen molar-refractivity contribution in [2.24, 2.45) is 0 Å². The van der Waals surface area contributed by atoms with Crippen LogP contribution >= 0.6 is 0 Å². The van der Waals surface area contributed by atoms with Crippen LogP contribution in [0.5, 0.6) is 5.75 Å². The first-order valence-corrected chi connectivity index (χ1v) is 10.3. The van der Waals surface area contributed by atoms with Crippen LogP contribution in [-0.4, -0.2) is 41.7 Å². The van der Waals surface area contributed by atoms with Crippen LogP contribution in [0.15, 0.2) is 55.3 Å². The maximum Gasteiger partial charge on any atom is 0.321 e. The number of allylic oxidation sites excluding steroid dienone is 5. The van der Waals surface area contributed by atoms with Crippen molar-refractivity contribution in [1.82, 2.24) is 20.3 Å². The SMILES string of the molecule is C=C/C(=C\C=C/C)c1cc(-c2cc(OC)c(NC)cn2)c2nc(NC(=O)NCC)[nH]c2c1. The third-order valence-corrected chi connectivity index (χ3v) is 4.81. The molecular weight excluding hydrogens is 404 g/mol. The summed E-state index contributed by atoms with van der Waals surface area (Å²) in [5.41, 5.74) is 5.59. The Hall–Kier alpha value is -4.07. The van der Waals surface area contributed by atoms with Crippen LogP contribution in [0.1, 0.15) is 19.4 Å². The molecule has 32 heavy (non-hydrogen) atoms. The third-order valence-electron chi connectivity index (χ3n) is 4.81. The minimum atomic E-state index is -0.328. The van der Waals surface area contributed by atoms with Gasteiger partial charge in [-0.25, -0.2) is 9.78 Å². The summed E-state index contributed by atoms with van der Waals surface area (Å²) in [5, 5.41) is 8.50. The van der Waals surface area contributed by atoms with Crippen molar-refractivity contribution in [2.75, 3.05) is 31.3 Å². The predicted octanol–water partition coefficient (Wildman–Crippen LogP) is 4.96. The van der Waals surface area contributed by atoms with Gasteiger partial charge >= 0.3 is 6.03 Å². The molecule has 0 unspecified atom stereocenters. The van der Waals surface area contributed by atoms with E-state index in [1.807, 2.05) is 57.3 Å². The molecule has 0 bridgehead atoms. The molecule has 2 amide bonds. The van der Waals surface area contributed by atoms with Crippen molar-refractivity contribution in [3.63, 3.8) is 0 Å². The Balaban J connectivity index is 2.22. The van der Waals surface area contributed by atoms with Crippen LogP contribution in [0.3, 0.4) is 0 Å². The van der Waals surface area contributed by atoms with Crippen LogP contribution in [0.2, 0.25) is 0 Å². The zero-order valence-corrected chi connectivity index (χ0v) is 18.7. The summed E-state index contributed by atoms with van der Waals surface area (Å²) in [6, 6.07) is 5.52. The summed E-state index contributed by atoms with van der Waals surface area (Å²) in [6.45, 7) is 8.28. The topological polar surface area (TPSA) is 104 Å². The summed E-state index contributed by atoms with van der Waals surface area (Å²) >= 11 is 0. The minimum absolute atomic E-state index is 0.328. The van der Waals surface area contributed by atoms with Gasteiger partial charge in [-0.05, 0) is 37.1 Å². The number of benzene rings is 1. The number of methoxy groups -OCH3 is 1. The molecule has 3 aromatic rings. The number of rotatable bonds is 8. The number of anilines is 2. The van der Waals surface area contributed by atoms with Gasteiger partial charge in [0.1, 0.15) is 5.75 Å². The van der Waals surface area contributed by atoms with E-state index in [9.17, 15) is 4.79 Å². The van der Waals surface area contributed by atoms with Gasteiger partial charge in [0, 0.05) is 25.2 Å². The molecule has 0 saturated heterocycles. The number of imidazole rings is 1. The van der Waals surface area contributed by atoms with E-state index in [1.165, 1.54) is 0 Å². The Kier molecular flexibility index (Phi) is 7.28. The summed E-state index contributed by atoms with van der Waals surface area (Å²) < 4.78 is 5.51. The van der Waals surface area contributed by atoms with Crippen molar-refractivity contribution in [1.29, 1.82) is 0 Å². The van der Waals surface area contributed by atoms with E-state index in [4.69, 9.17) is 4.74 Å². The molecule has 8 heteroatoms. The Morgan fingerprint density at radius 2 is 2.12 bits per heavy atom. The van der Waals surface area contributed by atoms with Gasteiger partial charge in [0.25, 0.3) is 0 Å². The zero-order valence-electron chi connectivity index (χ0n) is 18.7. The number of hydrogen-bond acceptors (Lipinski definition) is 5. The monoisotopic (exact) mass is 432 g/mol. The van der Waals surface area contributed by atoms with Crippen molar-refractivity contribution >= 4 is 34.3 Å². The average molecular weight is 433 g/mol. The lowest BCUT2D eigenvalue weighted by atomic mass is 9.99. The van der Waals surface area contributed by atoms with Gasteiger partial charge in [-0.2, -0.15) is 0 Å².